The van der Waals surface area contributed by atoms with Gasteiger partial charge in [0, 0.05) is 16.3 Å². The van der Waals surface area contributed by atoms with Crippen LogP contribution >= 0.6 is 11.3 Å². The van der Waals surface area contributed by atoms with Gasteiger partial charge in [0.1, 0.15) is 5.82 Å². The Bertz CT molecular complexity index is 829. The Morgan fingerprint density at radius 2 is 1.86 bits per heavy atom. The van der Waals surface area contributed by atoms with Crippen LogP contribution in [0.4, 0.5) is 15.8 Å². The second kappa shape index (κ2) is 5.99. The van der Waals surface area contributed by atoms with Crippen LogP contribution in [0.5, 0.6) is 0 Å². The van der Waals surface area contributed by atoms with Gasteiger partial charge < -0.3 is 11.1 Å². The number of hydrogen-bond donors (Lipinski definition) is 2. The van der Waals surface area contributed by atoms with E-state index in [9.17, 15) is 9.18 Å². The molecule has 3 N–H and O–H groups in total. The average Bonchev–Trinajstić information content (AvgIpc) is 2.97. The van der Waals surface area contributed by atoms with E-state index in [0.29, 0.717) is 16.3 Å². The van der Waals surface area contributed by atoms with Crippen LogP contribution in [-0.4, -0.2) is 5.91 Å². The second-order valence-electron chi connectivity index (χ2n) is 4.75. The number of anilines is 2. The summed E-state index contributed by atoms with van der Waals surface area (Å²) in [5.74, 6) is -0.643. The van der Waals surface area contributed by atoms with Gasteiger partial charge in [0.2, 0.25) is 0 Å². The molecule has 0 aliphatic carbocycles. The quantitative estimate of drug-likeness (QED) is 0.705. The molecule has 110 valence electrons. The van der Waals surface area contributed by atoms with Gasteiger partial charge in [-0.2, -0.15) is 0 Å². The number of rotatable bonds is 3. The molecule has 0 spiro atoms. The SMILES string of the molecule is Nc1cccc(-c2ccc(C(=O)Nc3cccc(F)c3)s2)c1. The molecule has 3 rings (SSSR count). The van der Waals surface area contributed by atoms with Gasteiger partial charge in [0.05, 0.1) is 4.88 Å². The predicted molar refractivity (Wildman–Crippen MR) is 88.5 cm³/mol. The molecule has 0 atom stereocenters. The van der Waals surface area contributed by atoms with E-state index in [4.69, 9.17) is 5.73 Å². The van der Waals surface area contributed by atoms with Gasteiger partial charge in [-0.25, -0.2) is 4.39 Å². The molecule has 1 amide bonds. The highest BCUT2D eigenvalue weighted by molar-refractivity contribution is 7.17. The molecule has 3 nitrogen and oxygen atoms in total. The number of nitrogen functional groups attached to an aromatic ring is 1. The van der Waals surface area contributed by atoms with Gasteiger partial charge in [0.25, 0.3) is 5.91 Å². The van der Waals surface area contributed by atoms with E-state index in [1.54, 1.807) is 18.2 Å². The van der Waals surface area contributed by atoms with Gasteiger partial charge >= 0.3 is 0 Å². The van der Waals surface area contributed by atoms with Gasteiger partial charge in [-0.15, -0.1) is 11.3 Å². The monoisotopic (exact) mass is 312 g/mol. The Labute approximate surface area is 131 Å². The lowest BCUT2D eigenvalue weighted by Gasteiger charge is -2.03. The molecule has 1 aromatic heterocycles. The van der Waals surface area contributed by atoms with E-state index in [2.05, 4.69) is 5.32 Å². The first-order chi connectivity index (χ1) is 10.6. The topological polar surface area (TPSA) is 55.1 Å². The van der Waals surface area contributed by atoms with E-state index < -0.39 is 0 Å². The van der Waals surface area contributed by atoms with Gasteiger partial charge in [-0.1, -0.05) is 18.2 Å². The third-order valence-electron chi connectivity index (χ3n) is 3.08. The fourth-order valence-corrected chi connectivity index (χ4v) is 2.96. The molecule has 2 aromatic carbocycles. The molecule has 0 aliphatic rings. The van der Waals surface area contributed by atoms with Crippen molar-refractivity contribution in [3.05, 3.63) is 71.4 Å². The van der Waals surface area contributed by atoms with E-state index in [1.807, 2.05) is 30.3 Å². The first-order valence-electron chi connectivity index (χ1n) is 6.64. The van der Waals surface area contributed by atoms with Crippen molar-refractivity contribution in [1.82, 2.24) is 0 Å². The molecule has 22 heavy (non-hydrogen) atoms. The summed E-state index contributed by atoms with van der Waals surface area (Å²) in [5.41, 5.74) is 7.85. The molecule has 0 radical (unpaired) electrons. The van der Waals surface area contributed by atoms with Crippen LogP contribution in [0.15, 0.2) is 60.7 Å². The summed E-state index contributed by atoms with van der Waals surface area (Å²) in [5, 5.41) is 2.68. The number of benzene rings is 2. The number of nitrogens with two attached hydrogens (primary N) is 1. The molecule has 1 heterocycles. The van der Waals surface area contributed by atoms with Crippen molar-refractivity contribution in [1.29, 1.82) is 0 Å². The van der Waals surface area contributed by atoms with E-state index in [1.165, 1.54) is 23.5 Å². The third-order valence-corrected chi connectivity index (χ3v) is 4.22. The maximum Gasteiger partial charge on any atom is 0.265 e. The maximum atomic E-state index is 13.1. The number of halogens is 1. The van der Waals surface area contributed by atoms with Crippen molar-refractivity contribution >= 4 is 28.6 Å². The molecule has 0 aliphatic heterocycles. The fourth-order valence-electron chi connectivity index (χ4n) is 2.07. The number of hydrogen-bond acceptors (Lipinski definition) is 3. The second-order valence-corrected chi connectivity index (χ2v) is 5.84. The van der Waals surface area contributed by atoms with Crippen LogP contribution in [0.1, 0.15) is 9.67 Å². The van der Waals surface area contributed by atoms with Crippen molar-refractivity contribution in [2.75, 3.05) is 11.1 Å². The molecular formula is C17H13FN2OS. The molecule has 0 fully saturated rings. The van der Waals surface area contributed by atoms with Crippen LogP contribution in [0.25, 0.3) is 10.4 Å². The lowest BCUT2D eigenvalue weighted by atomic mass is 10.2. The van der Waals surface area contributed by atoms with Crippen molar-refractivity contribution < 1.29 is 9.18 Å². The first kappa shape index (κ1) is 14.3. The summed E-state index contributed by atoms with van der Waals surface area (Å²) in [6.45, 7) is 0. The maximum absolute atomic E-state index is 13.1. The minimum Gasteiger partial charge on any atom is -0.399 e. The van der Waals surface area contributed by atoms with Gasteiger partial charge in [-0.3, -0.25) is 4.79 Å². The van der Waals surface area contributed by atoms with E-state index in [-0.39, 0.29) is 11.7 Å². The Morgan fingerprint density at radius 1 is 1.05 bits per heavy atom. The summed E-state index contributed by atoms with van der Waals surface area (Å²) >= 11 is 1.36. The molecule has 0 bridgehead atoms. The van der Waals surface area contributed by atoms with Crippen molar-refractivity contribution in [2.24, 2.45) is 0 Å². The summed E-state index contributed by atoms with van der Waals surface area (Å²) in [6, 6.07) is 16.9. The zero-order chi connectivity index (χ0) is 15.5. The zero-order valence-electron chi connectivity index (χ0n) is 11.5. The fraction of sp³-hybridized carbons (Fsp3) is 0. The normalized spacial score (nSPS) is 10.4. The standard InChI is InChI=1S/C17H13FN2OS/c18-12-4-2-6-14(10-12)20-17(21)16-8-7-15(22-16)11-3-1-5-13(19)9-11/h1-10H,19H2,(H,20,21). The molecule has 5 heteroatoms. The summed E-state index contributed by atoms with van der Waals surface area (Å²) in [7, 11) is 0. The highest BCUT2D eigenvalue weighted by atomic mass is 32.1. The van der Waals surface area contributed by atoms with E-state index >= 15 is 0 Å². The average molecular weight is 312 g/mol. The molecular weight excluding hydrogens is 299 g/mol. The number of thiophene rings is 1. The minimum atomic E-state index is -0.385. The molecule has 3 aromatic rings. The Hall–Kier alpha value is -2.66. The molecule has 0 saturated carbocycles. The Morgan fingerprint density at radius 3 is 2.64 bits per heavy atom. The van der Waals surface area contributed by atoms with Crippen LogP contribution in [0, 0.1) is 5.82 Å². The Balaban J connectivity index is 1.80. The van der Waals surface area contributed by atoms with Crippen LogP contribution in [-0.2, 0) is 0 Å². The Kier molecular flexibility index (Phi) is 3.89. The summed E-state index contributed by atoms with van der Waals surface area (Å²) in [4.78, 5) is 13.7. The van der Waals surface area contributed by atoms with Crippen LogP contribution in [0.2, 0.25) is 0 Å². The summed E-state index contributed by atoms with van der Waals surface area (Å²) < 4.78 is 13.1. The highest BCUT2D eigenvalue weighted by Crippen LogP contribution is 2.29. The number of carbonyl (C=O) groups is 1. The van der Waals surface area contributed by atoms with Crippen LogP contribution in [0.3, 0.4) is 0 Å². The lowest BCUT2D eigenvalue weighted by Crippen LogP contribution is -2.09. The smallest absolute Gasteiger partial charge is 0.265 e. The lowest BCUT2D eigenvalue weighted by molar-refractivity contribution is 0.103. The molecule has 0 unspecified atom stereocenters. The van der Waals surface area contributed by atoms with Crippen LogP contribution < -0.4 is 11.1 Å². The third kappa shape index (κ3) is 3.15. The largest absolute Gasteiger partial charge is 0.399 e. The van der Waals surface area contributed by atoms with Crippen molar-refractivity contribution in [3.63, 3.8) is 0 Å². The first-order valence-corrected chi connectivity index (χ1v) is 7.46. The number of nitrogens with one attached hydrogen (secondary N) is 1. The number of carbonyl (C=O) groups excluding carboxylic acids is 1. The van der Waals surface area contributed by atoms with Gasteiger partial charge in [-0.05, 0) is 48.0 Å². The van der Waals surface area contributed by atoms with Gasteiger partial charge in [0.15, 0.2) is 0 Å². The zero-order valence-corrected chi connectivity index (χ0v) is 12.4. The van der Waals surface area contributed by atoms with E-state index in [0.717, 1.165) is 10.4 Å². The molecule has 0 saturated heterocycles. The number of amides is 1. The summed E-state index contributed by atoms with van der Waals surface area (Å²) in [6.07, 6.45) is 0. The van der Waals surface area contributed by atoms with Crippen molar-refractivity contribution in [2.45, 2.75) is 0 Å². The highest BCUT2D eigenvalue weighted by Gasteiger charge is 2.11. The predicted octanol–water partition coefficient (Wildman–Crippen LogP) is 4.39. The minimum absolute atomic E-state index is 0.259. The van der Waals surface area contributed by atoms with Crippen molar-refractivity contribution in [3.8, 4) is 10.4 Å².